The first-order valence-electron chi connectivity index (χ1n) is 5.84. The van der Waals surface area contributed by atoms with Crippen LogP contribution in [0.15, 0.2) is 18.2 Å². The summed E-state index contributed by atoms with van der Waals surface area (Å²) in [4.78, 5) is 11.6. The predicted molar refractivity (Wildman–Crippen MR) is 72.7 cm³/mol. The number of hydrogen-bond donors (Lipinski definition) is 1. The third-order valence-electron chi connectivity index (χ3n) is 2.45. The minimum absolute atomic E-state index is 0.0273. The van der Waals surface area contributed by atoms with Crippen LogP contribution < -0.4 is 5.32 Å². The van der Waals surface area contributed by atoms with Crippen molar-refractivity contribution in [3.63, 3.8) is 0 Å². The van der Waals surface area contributed by atoms with E-state index in [1.165, 1.54) is 0 Å². The predicted octanol–water partition coefficient (Wildman–Crippen LogP) is 3.84. The number of benzene rings is 1. The normalized spacial score (nSPS) is 10.3. The van der Waals surface area contributed by atoms with Crippen molar-refractivity contribution in [3.05, 3.63) is 33.8 Å². The van der Waals surface area contributed by atoms with Crippen LogP contribution >= 0.6 is 23.2 Å². The molecule has 94 valence electrons. The maximum atomic E-state index is 11.6. The fourth-order valence-electron chi connectivity index (χ4n) is 1.50. The molecule has 1 amide bonds. The molecule has 1 aromatic carbocycles. The van der Waals surface area contributed by atoms with Crippen molar-refractivity contribution in [2.24, 2.45) is 0 Å². The summed E-state index contributed by atoms with van der Waals surface area (Å²) in [5.41, 5.74) is 0.882. The van der Waals surface area contributed by atoms with Crippen LogP contribution in [0.5, 0.6) is 0 Å². The number of amides is 1. The summed E-state index contributed by atoms with van der Waals surface area (Å²) >= 11 is 11.7. The first kappa shape index (κ1) is 14.3. The molecule has 0 aromatic heterocycles. The van der Waals surface area contributed by atoms with Crippen LogP contribution in [0.1, 0.15) is 31.7 Å². The van der Waals surface area contributed by atoms with Crippen LogP contribution in [-0.2, 0) is 11.2 Å². The summed E-state index contributed by atoms with van der Waals surface area (Å²) in [7, 11) is 0. The third-order valence-corrected chi connectivity index (χ3v) is 3.19. The summed E-state index contributed by atoms with van der Waals surface area (Å²) in [6, 6.07) is 5.26. The molecule has 0 aliphatic heterocycles. The van der Waals surface area contributed by atoms with E-state index in [-0.39, 0.29) is 5.91 Å². The van der Waals surface area contributed by atoms with E-state index in [4.69, 9.17) is 23.2 Å². The zero-order valence-electron chi connectivity index (χ0n) is 9.93. The van der Waals surface area contributed by atoms with Gasteiger partial charge in [-0.15, -0.1) is 0 Å². The van der Waals surface area contributed by atoms with Crippen molar-refractivity contribution in [1.82, 2.24) is 5.32 Å². The number of hydrogen-bond acceptors (Lipinski definition) is 1. The van der Waals surface area contributed by atoms with Gasteiger partial charge in [0.1, 0.15) is 0 Å². The van der Waals surface area contributed by atoms with Gasteiger partial charge in [-0.1, -0.05) is 49.0 Å². The van der Waals surface area contributed by atoms with Crippen LogP contribution in [0, 0.1) is 0 Å². The Balaban J connectivity index is 2.37. The Hall–Kier alpha value is -0.730. The van der Waals surface area contributed by atoms with Gasteiger partial charge < -0.3 is 5.32 Å². The van der Waals surface area contributed by atoms with E-state index in [1.54, 1.807) is 12.1 Å². The Morgan fingerprint density at radius 2 is 2.00 bits per heavy atom. The van der Waals surface area contributed by atoms with Crippen LogP contribution in [0.3, 0.4) is 0 Å². The minimum Gasteiger partial charge on any atom is -0.356 e. The molecule has 1 N–H and O–H groups in total. The lowest BCUT2D eigenvalue weighted by molar-refractivity contribution is -0.120. The highest BCUT2D eigenvalue weighted by molar-refractivity contribution is 6.42. The Kier molecular flexibility index (Phi) is 6.38. The monoisotopic (exact) mass is 273 g/mol. The molecule has 0 saturated carbocycles. The van der Waals surface area contributed by atoms with Crippen LogP contribution in [-0.4, -0.2) is 12.5 Å². The first-order chi connectivity index (χ1) is 8.13. The number of rotatable bonds is 6. The van der Waals surface area contributed by atoms with Gasteiger partial charge >= 0.3 is 0 Å². The zero-order valence-corrected chi connectivity index (χ0v) is 11.4. The molecule has 0 radical (unpaired) electrons. The molecule has 17 heavy (non-hydrogen) atoms. The van der Waals surface area contributed by atoms with Crippen molar-refractivity contribution in [3.8, 4) is 0 Å². The second kappa shape index (κ2) is 7.57. The number of carbonyl (C=O) groups is 1. The highest BCUT2D eigenvalue weighted by atomic mass is 35.5. The van der Waals surface area contributed by atoms with Gasteiger partial charge in [-0.25, -0.2) is 0 Å². The standard InChI is InChI=1S/C13H17Cl2NO/c1-2-3-4-7-16-13(17)9-10-5-6-11(14)12(15)8-10/h5-6,8H,2-4,7,9H2,1H3,(H,16,17). The second-order valence-corrected chi connectivity index (χ2v) is 4.80. The van der Waals surface area contributed by atoms with Gasteiger partial charge in [0, 0.05) is 6.54 Å². The van der Waals surface area contributed by atoms with E-state index in [9.17, 15) is 4.79 Å². The molecule has 0 unspecified atom stereocenters. The fraction of sp³-hybridized carbons (Fsp3) is 0.462. The van der Waals surface area contributed by atoms with Gasteiger partial charge in [-0.05, 0) is 24.1 Å². The zero-order chi connectivity index (χ0) is 12.7. The molecule has 0 saturated heterocycles. The van der Waals surface area contributed by atoms with E-state index in [0.29, 0.717) is 16.5 Å². The Morgan fingerprint density at radius 1 is 1.24 bits per heavy atom. The lowest BCUT2D eigenvalue weighted by Crippen LogP contribution is -2.26. The first-order valence-corrected chi connectivity index (χ1v) is 6.59. The van der Waals surface area contributed by atoms with Gasteiger partial charge in [0.15, 0.2) is 0 Å². The molecule has 2 nitrogen and oxygen atoms in total. The van der Waals surface area contributed by atoms with Gasteiger partial charge in [0.2, 0.25) is 5.91 Å². The van der Waals surface area contributed by atoms with Crippen LogP contribution in [0.25, 0.3) is 0 Å². The molecular weight excluding hydrogens is 257 g/mol. The summed E-state index contributed by atoms with van der Waals surface area (Å²) in [6.45, 7) is 2.88. The quantitative estimate of drug-likeness (QED) is 0.784. The summed E-state index contributed by atoms with van der Waals surface area (Å²) in [5.74, 6) is 0.0273. The average molecular weight is 274 g/mol. The Bertz CT molecular complexity index is 380. The topological polar surface area (TPSA) is 29.1 Å². The van der Waals surface area contributed by atoms with E-state index >= 15 is 0 Å². The van der Waals surface area contributed by atoms with Crippen LogP contribution in [0.2, 0.25) is 10.0 Å². The molecule has 1 aromatic rings. The van der Waals surface area contributed by atoms with Gasteiger partial charge in [-0.2, -0.15) is 0 Å². The average Bonchev–Trinajstić information content (AvgIpc) is 2.30. The molecule has 0 heterocycles. The molecular formula is C13H17Cl2NO. The molecule has 0 fully saturated rings. The lowest BCUT2D eigenvalue weighted by atomic mass is 10.1. The number of halogens is 2. The van der Waals surface area contributed by atoms with Gasteiger partial charge in [0.25, 0.3) is 0 Å². The largest absolute Gasteiger partial charge is 0.356 e. The second-order valence-electron chi connectivity index (χ2n) is 3.98. The van der Waals surface area contributed by atoms with Crippen molar-refractivity contribution < 1.29 is 4.79 Å². The maximum absolute atomic E-state index is 11.6. The lowest BCUT2D eigenvalue weighted by Gasteiger charge is -2.05. The molecule has 4 heteroatoms. The van der Waals surface area contributed by atoms with Crippen molar-refractivity contribution >= 4 is 29.1 Å². The molecule has 0 spiro atoms. The Morgan fingerprint density at radius 3 is 2.65 bits per heavy atom. The van der Waals surface area contributed by atoms with Crippen molar-refractivity contribution in [2.75, 3.05) is 6.54 Å². The Labute approximate surface area is 112 Å². The molecule has 0 aliphatic rings. The van der Waals surface area contributed by atoms with Crippen molar-refractivity contribution in [2.45, 2.75) is 32.6 Å². The molecule has 0 aliphatic carbocycles. The van der Waals surface area contributed by atoms with Crippen LogP contribution in [0.4, 0.5) is 0 Å². The molecule has 1 rings (SSSR count). The van der Waals surface area contributed by atoms with Crippen molar-refractivity contribution in [1.29, 1.82) is 0 Å². The molecule has 0 bridgehead atoms. The number of nitrogens with one attached hydrogen (secondary N) is 1. The third kappa shape index (κ3) is 5.42. The smallest absolute Gasteiger partial charge is 0.224 e. The number of carbonyl (C=O) groups excluding carboxylic acids is 1. The van der Waals surface area contributed by atoms with E-state index in [2.05, 4.69) is 12.2 Å². The van der Waals surface area contributed by atoms with E-state index in [0.717, 1.165) is 31.4 Å². The summed E-state index contributed by atoms with van der Waals surface area (Å²) in [5, 5.41) is 3.89. The summed E-state index contributed by atoms with van der Waals surface area (Å²) < 4.78 is 0. The molecule has 0 atom stereocenters. The number of unbranched alkanes of at least 4 members (excludes halogenated alkanes) is 2. The van der Waals surface area contributed by atoms with E-state index < -0.39 is 0 Å². The highest BCUT2D eigenvalue weighted by Crippen LogP contribution is 2.22. The van der Waals surface area contributed by atoms with Gasteiger partial charge in [-0.3, -0.25) is 4.79 Å². The summed E-state index contributed by atoms with van der Waals surface area (Å²) in [6.07, 6.45) is 3.68. The maximum Gasteiger partial charge on any atom is 0.224 e. The van der Waals surface area contributed by atoms with E-state index in [1.807, 2.05) is 6.07 Å². The SMILES string of the molecule is CCCCCNC(=O)Cc1ccc(Cl)c(Cl)c1. The highest BCUT2D eigenvalue weighted by Gasteiger charge is 2.04. The van der Waals surface area contributed by atoms with Gasteiger partial charge in [0.05, 0.1) is 16.5 Å². The fourth-order valence-corrected chi connectivity index (χ4v) is 1.82. The minimum atomic E-state index is 0.0273.